The summed E-state index contributed by atoms with van der Waals surface area (Å²) < 4.78 is 4.29. The average molecular weight is 319 g/mol. The van der Waals surface area contributed by atoms with Gasteiger partial charge < -0.3 is 3.83 Å². The third kappa shape index (κ3) is 3.77. The molecule has 0 radical (unpaired) electrons. The third-order valence-corrected chi connectivity index (χ3v) is 2.40. The van der Waals surface area contributed by atoms with E-state index in [9.17, 15) is 25.0 Å². The zero-order valence-corrected chi connectivity index (χ0v) is 10.5. The van der Waals surface area contributed by atoms with E-state index in [4.69, 9.17) is 0 Å². The van der Waals surface area contributed by atoms with E-state index in [0.29, 0.717) is 0 Å². The van der Waals surface area contributed by atoms with Crippen LogP contribution in [0.5, 0.6) is 0 Å². The molecule has 0 amide bonds. The normalized spacial score (nSPS) is 9.83. The second-order valence-corrected chi connectivity index (χ2v) is 3.65. The second kappa shape index (κ2) is 6.05. The molecule has 9 heteroatoms. The average Bonchev–Trinajstić information content (AvgIpc) is 2.29. The van der Waals surface area contributed by atoms with Crippen LogP contribution in [0.3, 0.4) is 0 Å². The van der Waals surface area contributed by atoms with Crippen LogP contribution in [-0.4, -0.2) is 15.8 Å². The number of benzene rings is 1. The van der Waals surface area contributed by atoms with Crippen LogP contribution < -0.4 is 0 Å². The van der Waals surface area contributed by atoms with E-state index in [1.54, 1.807) is 0 Å². The van der Waals surface area contributed by atoms with Crippen molar-refractivity contribution in [2.45, 2.75) is 13.1 Å². The summed E-state index contributed by atoms with van der Waals surface area (Å²) in [6, 6.07) is 3.83. The summed E-state index contributed by atoms with van der Waals surface area (Å²) in [5.74, 6) is -0.729. The molecule has 0 aromatic heterocycles. The smallest absolute Gasteiger partial charge is 0.349 e. The molecule has 0 N–H and O–H groups in total. The molecule has 8 nitrogen and oxygen atoms in total. The molecule has 0 bridgehead atoms. The van der Waals surface area contributed by atoms with Gasteiger partial charge in [0, 0.05) is 21.0 Å². The lowest BCUT2D eigenvalue weighted by molar-refractivity contribution is -0.503. The first-order valence-electron chi connectivity index (χ1n) is 4.62. The van der Waals surface area contributed by atoms with Crippen molar-refractivity contribution in [2.24, 2.45) is 0 Å². The van der Waals surface area contributed by atoms with Crippen LogP contribution in [0.4, 0.5) is 0 Å². The number of carbonyl (C=O) groups is 1. The van der Waals surface area contributed by atoms with Crippen molar-refractivity contribution in [3.8, 4) is 0 Å². The van der Waals surface area contributed by atoms with Gasteiger partial charge in [-0.15, -0.1) is 0 Å². The molecule has 18 heavy (non-hydrogen) atoms. The van der Waals surface area contributed by atoms with Gasteiger partial charge in [0.1, 0.15) is 0 Å². The molecule has 1 rings (SSSR count). The first kappa shape index (κ1) is 14.0. The lowest BCUT2D eigenvalue weighted by Crippen LogP contribution is -2.09. The lowest BCUT2D eigenvalue weighted by Gasteiger charge is -2.04. The van der Waals surface area contributed by atoms with Gasteiger partial charge in [0.2, 0.25) is 13.1 Å². The quantitative estimate of drug-likeness (QED) is 0.603. The molecule has 1 aromatic rings. The number of hydrogen-bond acceptors (Lipinski definition) is 6. The Balaban J connectivity index is 3.15. The van der Waals surface area contributed by atoms with E-state index in [1.807, 2.05) is 0 Å². The van der Waals surface area contributed by atoms with Crippen molar-refractivity contribution < 1.29 is 18.5 Å². The highest BCUT2D eigenvalue weighted by molar-refractivity contribution is 9.06. The highest BCUT2D eigenvalue weighted by atomic mass is 79.9. The zero-order chi connectivity index (χ0) is 13.7. The molecule has 0 aliphatic carbocycles. The third-order valence-electron chi connectivity index (χ3n) is 2.11. The number of hydrogen-bond donors (Lipinski definition) is 0. The van der Waals surface area contributed by atoms with E-state index < -0.39 is 28.9 Å². The lowest BCUT2D eigenvalue weighted by atomic mass is 10.0. The Bertz CT molecular complexity index is 504. The van der Waals surface area contributed by atoms with E-state index in [2.05, 4.69) is 20.1 Å². The summed E-state index contributed by atoms with van der Waals surface area (Å²) >= 11 is 2.49. The first-order valence-corrected chi connectivity index (χ1v) is 5.27. The molecule has 0 heterocycles. The minimum atomic E-state index is -0.729. The molecule has 0 atom stereocenters. The van der Waals surface area contributed by atoms with Gasteiger partial charge in [0.05, 0.1) is 5.56 Å². The zero-order valence-electron chi connectivity index (χ0n) is 8.87. The van der Waals surface area contributed by atoms with Gasteiger partial charge >= 0.3 is 5.97 Å². The van der Waals surface area contributed by atoms with Crippen molar-refractivity contribution in [1.82, 2.24) is 0 Å². The van der Waals surface area contributed by atoms with Crippen LogP contribution in [0, 0.1) is 20.2 Å². The Labute approximate surface area is 109 Å². The maximum atomic E-state index is 11.2. The number of carbonyl (C=O) groups excluding carboxylic acids is 1. The molecular formula is C9H7BrN2O6. The first-order chi connectivity index (χ1) is 8.43. The summed E-state index contributed by atoms with van der Waals surface area (Å²) in [5, 5.41) is 20.9. The van der Waals surface area contributed by atoms with Crippen LogP contribution in [0.25, 0.3) is 0 Å². The Kier molecular flexibility index (Phi) is 4.72. The van der Waals surface area contributed by atoms with Gasteiger partial charge in [-0.2, -0.15) is 0 Å². The van der Waals surface area contributed by atoms with Crippen molar-refractivity contribution in [3.05, 3.63) is 55.1 Å². The topological polar surface area (TPSA) is 113 Å². The predicted octanol–water partition coefficient (Wildman–Crippen LogP) is 1.71. The maximum Gasteiger partial charge on any atom is 0.349 e. The van der Waals surface area contributed by atoms with E-state index in [1.165, 1.54) is 18.2 Å². The fourth-order valence-electron chi connectivity index (χ4n) is 1.38. The number of nitro groups is 2. The Hall–Kier alpha value is -2.03. The van der Waals surface area contributed by atoms with Gasteiger partial charge in [0.25, 0.3) is 0 Å². The minimum Gasteiger partial charge on any atom is -0.380 e. The van der Waals surface area contributed by atoms with Crippen LogP contribution in [0.2, 0.25) is 0 Å². The summed E-state index contributed by atoms with van der Waals surface area (Å²) in [7, 11) is 0. The summed E-state index contributed by atoms with van der Waals surface area (Å²) in [6.07, 6.45) is 0. The Morgan fingerprint density at radius 3 is 2.22 bits per heavy atom. The number of rotatable bonds is 5. The molecule has 1 aromatic carbocycles. The summed E-state index contributed by atoms with van der Waals surface area (Å²) in [4.78, 5) is 30.9. The van der Waals surface area contributed by atoms with Crippen LogP contribution in [0.15, 0.2) is 18.2 Å². The van der Waals surface area contributed by atoms with Crippen molar-refractivity contribution in [3.63, 3.8) is 0 Å². The SMILES string of the molecule is O=C(OBr)c1ccc(C[N+](=O)[O-])c(C[N+](=O)[O-])c1. The van der Waals surface area contributed by atoms with Gasteiger partial charge in [-0.05, 0) is 12.1 Å². The molecule has 0 saturated carbocycles. The van der Waals surface area contributed by atoms with Crippen LogP contribution in [-0.2, 0) is 16.9 Å². The molecular weight excluding hydrogens is 312 g/mol. The molecule has 0 unspecified atom stereocenters. The monoisotopic (exact) mass is 318 g/mol. The predicted molar refractivity (Wildman–Crippen MR) is 62.2 cm³/mol. The van der Waals surface area contributed by atoms with E-state index in [0.717, 1.165) is 0 Å². The second-order valence-electron chi connectivity index (χ2n) is 3.33. The minimum absolute atomic E-state index is 0.0795. The molecule has 96 valence electrons. The van der Waals surface area contributed by atoms with Crippen LogP contribution >= 0.6 is 16.3 Å². The van der Waals surface area contributed by atoms with Gasteiger partial charge in [-0.1, -0.05) is 6.07 Å². The van der Waals surface area contributed by atoms with Gasteiger partial charge in [-0.3, -0.25) is 20.2 Å². The molecule has 0 saturated heterocycles. The van der Waals surface area contributed by atoms with E-state index >= 15 is 0 Å². The molecule has 0 spiro atoms. The van der Waals surface area contributed by atoms with Gasteiger partial charge in [-0.25, -0.2) is 4.79 Å². The highest BCUT2D eigenvalue weighted by Crippen LogP contribution is 2.16. The fraction of sp³-hybridized carbons (Fsp3) is 0.222. The highest BCUT2D eigenvalue weighted by Gasteiger charge is 2.16. The van der Waals surface area contributed by atoms with Gasteiger partial charge in [0.15, 0.2) is 16.3 Å². The van der Waals surface area contributed by atoms with Crippen molar-refractivity contribution in [2.75, 3.05) is 0 Å². The number of nitrogens with zero attached hydrogens (tertiary/aromatic N) is 2. The largest absolute Gasteiger partial charge is 0.380 e. The summed E-state index contributed by atoms with van der Waals surface area (Å²) in [5.41, 5.74) is 0.394. The van der Waals surface area contributed by atoms with E-state index in [-0.39, 0.29) is 16.7 Å². The van der Waals surface area contributed by atoms with Crippen molar-refractivity contribution >= 4 is 22.2 Å². The fourth-order valence-corrected chi connectivity index (χ4v) is 1.56. The van der Waals surface area contributed by atoms with Crippen molar-refractivity contribution in [1.29, 1.82) is 0 Å². The molecule has 0 aliphatic heterocycles. The number of halogens is 1. The molecule has 0 fully saturated rings. The Morgan fingerprint density at radius 1 is 1.17 bits per heavy atom. The Morgan fingerprint density at radius 2 is 1.72 bits per heavy atom. The molecule has 0 aliphatic rings. The van der Waals surface area contributed by atoms with Crippen LogP contribution in [0.1, 0.15) is 21.5 Å². The maximum absolute atomic E-state index is 11.2. The standard InChI is InChI=1S/C9H7BrN2O6/c10-18-9(13)6-1-2-7(4-11(14)15)8(3-6)5-12(16)17/h1-3H,4-5H2. The summed E-state index contributed by atoms with van der Waals surface area (Å²) in [6.45, 7) is -1.13.